The average molecular weight is 405 g/mol. The molecule has 0 aromatic carbocycles. The number of aryl methyl sites for hydroxylation is 1. The van der Waals surface area contributed by atoms with Gasteiger partial charge in [0.15, 0.2) is 0 Å². The summed E-state index contributed by atoms with van der Waals surface area (Å²) >= 11 is 0. The fourth-order valence-electron chi connectivity index (χ4n) is 4.31. The fourth-order valence-corrected chi connectivity index (χ4v) is 6.14. The van der Waals surface area contributed by atoms with Crippen LogP contribution in [0.5, 0.6) is 0 Å². The van der Waals surface area contributed by atoms with E-state index in [-0.39, 0.29) is 16.0 Å². The molecule has 1 aromatic rings. The summed E-state index contributed by atoms with van der Waals surface area (Å²) in [5, 5.41) is 0. The molecule has 0 unspecified atom stereocenters. The minimum absolute atomic E-state index is 0.0141. The second-order valence-electron chi connectivity index (χ2n) is 7.95. The highest BCUT2D eigenvalue weighted by Crippen LogP contribution is 2.43. The second-order valence-corrected chi connectivity index (χ2v) is 9.86. The highest BCUT2D eigenvalue weighted by molar-refractivity contribution is 7.89. The number of pyridine rings is 1. The second kappa shape index (κ2) is 6.40. The van der Waals surface area contributed by atoms with Crippen LogP contribution in [0.15, 0.2) is 17.0 Å². The molecule has 0 radical (unpaired) electrons. The highest BCUT2D eigenvalue weighted by atomic mass is 32.2. The number of ether oxygens (including phenoxy) is 1. The molecule has 3 saturated heterocycles. The Morgan fingerprint density at radius 1 is 1.26 bits per heavy atom. The van der Waals surface area contributed by atoms with E-state index in [9.17, 15) is 21.6 Å². The van der Waals surface area contributed by atoms with Crippen LogP contribution in [0, 0.1) is 18.3 Å². The third-order valence-electron chi connectivity index (χ3n) is 5.63. The van der Waals surface area contributed by atoms with Crippen LogP contribution < -0.4 is 0 Å². The zero-order chi connectivity index (χ0) is 19.4. The molecular weight excluding hydrogens is 383 g/mol. The SMILES string of the molecule is Cc1nc(C(F)(F)F)ccc1S(=O)(=O)N1CC2(CN(C[C@@H]3CCOC3)C2)C1. The van der Waals surface area contributed by atoms with E-state index in [2.05, 4.69) is 9.88 Å². The van der Waals surface area contributed by atoms with Crippen molar-refractivity contribution in [2.24, 2.45) is 11.3 Å². The molecule has 3 aliphatic heterocycles. The Morgan fingerprint density at radius 2 is 1.96 bits per heavy atom. The summed E-state index contributed by atoms with van der Waals surface area (Å²) in [7, 11) is -3.82. The van der Waals surface area contributed by atoms with Gasteiger partial charge in [-0.25, -0.2) is 13.4 Å². The van der Waals surface area contributed by atoms with E-state index >= 15 is 0 Å². The number of sulfonamides is 1. The van der Waals surface area contributed by atoms with Crippen LogP contribution in [0.2, 0.25) is 0 Å². The van der Waals surface area contributed by atoms with Crippen LogP contribution in [0.4, 0.5) is 13.2 Å². The first-order chi connectivity index (χ1) is 12.6. The van der Waals surface area contributed by atoms with Gasteiger partial charge in [0.05, 0.1) is 12.3 Å². The quantitative estimate of drug-likeness (QED) is 0.764. The Hall–Kier alpha value is -1.23. The Bertz CT molecular complexity index is 824. The van der Waals surface area contributed by atoms with Gasteiger partial charge in [-0.15, -0.1) is 0 Å². The molecule has 1 atom stereocenters. The van der Waals surface area contributed by atoms with Crippen molar-refractivity contribution in [3.05, 3.63) is 23.5 Å². The summed E-state index contributed by atoms with van der Waals surface area (Å²) in [5.41, 5.74) is -1.22. The van der Waals surface area contributed by atoms with Gasteiger partial charge in [0.25, 0.3) is 0 Å². The Labute approximate surface area is 156 Å². The van der Waals surface area contributed by atoms with Crippen molar-refractivity contribution < 1.29 is 26.3 Å². The molecule has 0 amide bonds. The Kier molecular flexibility index (Phi) is 4.53. The lowest BCUT2D eigenvalue weighted by molar-refractivity contribution is -0.141. The van der Waals surface area contributed by atoms with E-state index in [0.717, 1.165) is 51.4 Å². The van der Waals surface area contributed by atoms with Crippen molar-refractivity contribution in [3.8, 4) is 0 Å². The largest absolute Gasteiger partial charge is 0.433 e. The van der Waals surface area contributed by atoms with Crippen molar-refractivity contribution in [1.82, 2.24) is 14.2 Å². The van der Waals surface area contributed by atoms with Gasteiger partial charge in [0.2, 0.25) is 10.0 Å². The maximum absolute atomic E-state index is 12.8. The highest BCUT2D eigenvalue weighted by Gasteiger charge is 2.55. The van der Waals surface area contributed by atoms with E-state index in [4.69, 9.17) is 4.74 Å². The molecule has 3 fully saturated rings. The number of aromatic nitrogens is 1. The minimum Gasteiger partial charge on any atom is -0.381 e. The molecule has 4 rings (SSSR count). The van der Waals surface area contributed by atoms with E-state index in [1.165, 1.54) is 11.2 Å². The van der Waals surface area contributed by atoms with Crippen LogP contribution in [-0.2, 0) is 20.9 Å². The molecule has 1 spiro atoms. The number of alkyl halides is 3. The molecule has 1 aromatic heterocycles. The minimum atomic E-state index is -4.59. The summed E-state index contributed by atoms with van der Waals surface area (Å²) in [6, 6.07) is 1.74. The normalized spacial score (nSPS) is 26.1. The molecule has 4 heterocycles. The first-order valence-electron chi connectivity index (χ1n) is 8.94. The van der Waals surface area contributed by atoms with Crippen molar-refractivity contribution in [3.63, 3.8) is 0 Å². The van der Waals surface area contributed by atoms with Crippen LogP contribution in [0.1, 0.15) is 17.8 Å². The number of likely N-dealkylation sites (tertiary alicyclic amines) is 1. The molecule has 0 saturated carbocycles. The van der Waals surface area contributed by atoms with Crippen LogP contribution in [0.25, 0.3) is 0 Å². The van der Waals surface area contributed by atoms with Crippen molar-refractivity contribution in [1.29, 1.82) is 0 Å². The van der Waals surface area contributed by atoms with Gasteiger partial charge in [0, 0.05) is 44.7 Å². The summed E-state index contributed by atoms with van der Waals surface area (Å²) in [6.45, 7) is 6.43. The van der Waals surface area contributed by atoms with Crippen LogP contribution >= 0.6 is 0 Å². The third kappa shape index (κ3) is 3.48. The fraction of sp³-hybridized carbons (Fsp3) is 0.706. The molecule has 6 nitrogen and oxygen atoms in total. The zero-order valence-corrected chi connectivity index (χ0v) is 15.8. The van der Waals surface area contributed by atoms with E-state index < -0.39 is 21.9 Å². The number of rotatable bonds is 4. The van der Waals surface area contributed by atoms with Crippen LogP contribution in [0.3, 0.4) is 0 Å². The summed E-state index contributed by atoms with van der Waals surface area (Å²) in [5.74, 6) is 0.558. The summed E-state index contributed by atoms with van der Waals surface area (Å²) in [4.78, 5) is 5.62. The van der Waals surface area contributed by atoms with Crippen molar-refractivity contribution in [2.45, 2.75) is 24.4 Å². The molecule has 10 heteroatoms. The molecule has 0 N–H and O–H groups in total. The average Bonchev–Trinajstić information content (AvgIpc) is 2.99. The molecule has 3 aliphatic rings. The van der Waals surface area contributed by atoms with E-state index in [1.54, 1.807) is 0 Å². The maximum Gasteiger partial charge on any atom is 0.433 e. The molecule has 0 aliphatic carbocycles. The predicted molar refractivity (Wildman–Crippen MR) is 90.5 cm³/mol. The number of nitrogens with zero attached hydrogens (tertiary/aromatic N) is 3. The van der Waals surface area contributed by atoms with Gasteiger partial charge in [-0.1, -0.05) is 0 Å². The van der Waals surface area contributed by atoms with Gasteiger partial charge < -0.3 is 9.64 Å². The van der Waals surface area contributed by atoms with E-state index in [1.807, 2.05) is 0 Å². The summed E-state index contributed by atoms with van der Waals surface area (Å²) < 4.78 is 70.4. The smallest absolute Gasteiger partial charge is 0.381 e. The van der Waals surface area contributed by atoms with Gasteiger partial charge in [-0.3, -0.25) is 0 Å². The lowest BCUT2D eigenvalue weighted by atomic mass is 9.74. The predicted octanol–water partition coefficient (Wildman–Crippen LogP) is 1.75. The van der Waals surface area contributed by atoms with Gasteiger partial charge in [-0.05, 0) is 31.4 Å². The molecule has 27 heavy (non-hydrogen) atoms. The maximum atomic E-state index is 12.8. The molecule has 0 bridgehead atoms. The van der Waals surface area contributed by atoms with Gasteiger partial charge in [-0.2, -0.15) is 17.5 Å². The lowest BCUT2D eigenvalue weighted by Crippen LogP contribution is -2.73. The Balaban J connectivity index is 1.38. The molecule has 150 valence electrons. The lowest BCUT2D eigenvalue weighted by Gasteiger charge is -2.60. The van der Waals surface area contributed by atoms with Crippen LogP contribution in [-0.4, -0.2) is 68.5 Å². The first-order valence-corrected chi connectivity index (χ1v) is 10.4. The van der Waals surface area contributed by atoms with Gasteiger partial charge >= 0.3 is 6.18 Å². The van der Waals surface area contributed by atoms with Gasteiger partial charge in [0.1, 0.15) is 10.6 Å². The van der Waals surface area contributed by atoms with E-state index in [0.29, 0.717) is 19.0 Å². The number of hydrogen-bond acceptors (Lipinski definition) is 5. The summed E-state index contributed by atoms with van der Waals surface area (Å²) in [6.07, 6.45) is -3.52. The number of hydrogen-bond donors (Lipinski definition) is 0. The topological polar surface area (TPSA) is 62.7 Å². The zero-order valence-electron chi connectivity index (χ0n) is 15.0. The molecular formula is C17H22F3N3O3S. The monoisotopic (exact) mass is 405 g/mol. The van der Waals surface area contributed by atoms with Crippen molar-refractivity contribution >= 4 is 10.0 Å². The third-order valence-corrected chi connectivity index (χ3v) is 7.55. The first kappa shape index (κ1) is 19.1. The Morgan fingerprint density at radius 3 is 2.52 bits per heavy atom. The standard InChI is InChI=1S/C17H22F3N3O3S/c1-12-14(2-3-15(21-12)17(18,19)20)27(24,25)23-10-16(11-23)8-22(9-16)6-13-4-5-26-7-13/h2-3,13H,4-11H2,1H3/t13-/m0/s1. The van der Waals surface area contributed by atoms with Crippen molar-refractivity contribution in [2.75, 3.05) is 45.9 Å². The number of halogens is 3.